The number of hydrogen-bond acceptors (Lipinski definition) is 10. The van der Waals surface area contributed by atoms with Gasteiger partial charge in [-0.2, -0.15) is 26.3 Å². The van der Waals surface area contributed by atoms with Crippen LogP contribution < -0.4 is 43.0 Å². The third kappa shape index (κ3) is 11.4. The van der Waals surface area contributed by atoms with Crippen molar-refractivity contribution in [2.45, 2.75) is 25.2 Å². The Bertz CT molecular complexity index is 2470. The maximum atomic E-state index is 10.7. The van der Waals surface area contributed by atoms with E-state index in [1.54, 1.807) is 34.5 Å². The molecule has 12 nitrogen and oxygen atoms in total. The first-order valence-electron chi connectivity index (χ1n) is 17.4. The summed E-state index contributed by atoms with van der Waals surface area (Å²) >= 11 is 0. The Labute approximate surface area is 338 Å². The molecule has 18 heteroatoms. The van der Waals surface area contributed by atoms with E-state index < -0.39 is 24.3 Å². The van der Waals surface area contributed by atoms with Gasteiger partial charge in [-0.1, -0.05) is 18.2 Å². The molecule has 0 spiro atoms. The molecule has 0 fully saturated rings. The molecule has 318 valence electrons. The molecule has 60 heavy (non-hydrogen) atoms. The van der Waals surface area contributed by atoms with E-state index in [9.17, 15) is 31.4 Å². The summed E-state index contributed by atoms with van der Waals surface area (Å²) in [5.74, 6) is -2.14. The minimum Gasteiger partial charge on any atom is -0.542 e. The molecule has 0 saturated carbocycles. The molecule has 0 radical (unpaired) electrons. The van der Waals surface area contributed by atoms with Crippen molar-refractivity contribution >= 4 is 33.5 Å². The quantitative estimate of drug-likeness (QED) is 0.148. The Kier molecular flexibility index (Phi) is 14.6. The van der Waals surface area contributed by atoms with Crippen LogP contribution in [0.15, 0.2) is 91.3 Å². The second-order valence-corrected chi connectivity index (χ2v) is 12.8. The van der Waals surface area contributed by atoms with Crippen molar-refractivity contribution in [1.82, 2.24) is 0 Å². The first-order chi connectivity index (χ1) is 28.2. The second-order valence-electron chi connectivity index (χ2n) is 12.8. The number of phenols is 1. The van der Waals surface area contributed by atoms with Crippen LogP contribution in [0, 0.1) is 0 Å². The number of halogens is 6. The lowest BCUT2D eigenvalue weighted by atomic mass is 10.0. The molecule has 6 rings (SSSR count). The Morgan fingerprint density at radius 3 is 1.32 bits per heavy atom. The number of carbonyl (C=O) groups is 2. The number of aryl methyl sites for hydroxylation is 2. The third-order valence-corrected chi connectivity index (χ3v) is 8.92. The number of carboxylic acid groups (broad SMARTS) is 2. The number of hydrogen-bond donors (Lipinski definition) is 1. The summed E-state index contributed by atoms with van der Waals surface area (Å²) in [6.07, 6.45) is -4.96. The molecule has 0 aliphatic heterocycles. The maximum absolute atomic E-state index is 10.7. The van der Waals surface area contributed by atoms with Crippen LogP contribution in [0.5, 0.6) is 40.2 Å². The molecule has 2 heterocycles. The SMILES string of the molecule is COc1cc2cc[n+](C)c(Cc3ccc(Oc4cc(Cc5c6cc(OC)c(OC)cc6cc[n+]5C)ccc4O)cc3)c2cc1OC.O=C([O-])C(F)(F)F.O=C([O-])C(F)(F)F. The van der Waals surface area contributed by atoms with E-state index in [1.807, 2.05) is 81.0 Å². The number of fused-ring (bicyclic) bond motifs is 2. The standard InChI is InChI=1S/C38H37N2O6.2C2HF3O2/c1-39-15-13-26-20-35(42-3)37(44-5)22-29(26)31(39)17-24-7-10-28(11-8-24)46-34-19-25(9-12-33(34)41)18-32-30-23-38(45-6)36(43-4)21-27(30)14-16-40(32)2;2*3-2(4,5)1(6)7/h7-16,19-23H,17-18H2,1-6H3;2*(H,6,7)/q+1;;/p-1. The van der Waals surface area contributed by atoms with Gasteiger partial charge in [0, 0.05) is 12.1 Å². The number of aromatic hydroxyl groups is 1. The molecule has 0 aliphatic rings. The number of methoxy groups -OCH3 is 4. The zero-order valence-electron chi connectivity index (χ0n) is 32.9. The Morgan fingerprint density at radius 2 is 0.933 bits per heavy atom. The molecule has 0 unspecified atom stereocenters. The van der Waals surface area contributed by atoms with Gasteiger partial charge in [-0.05, 0) is 70.4 Å². The number of rotatable bonds is 10. The van der Waals surface area contributed by atoms with E-state index in [0.717, 1.165) is 44.1 Å². The van der Waals surface area contributed by atoms with E-state index >= 15 is 0 Å². The fourth-order valence-electron chi connectivity index (χ4n) is 5.89. The number of aromatic nitrogens is 2. The van der Waals surface area contributed by atoms with Gasteiger partial charge in [0.25, 0.3) is 0 Å². The van der Waals surface area contributed by atoms with Crippen LogP contribution in [0.1, 0.15) is 22.5 Å². The lowest BCUT2D eigenvalue weighted by molar-refractivity contribution is -0.677. The van der Waals surface area contributed by atoms with E-state index in [0.29, 0.717) is 47.3 Å². The number of aliphatic carboxylic acids is 2. The zero-order chi connectivity index (χ0) is 44.5. The minimum atomic E-state index is -5.19. The maximum Gasteiger partial charge on any atom is 0.430 e. The van der Waals surface area contributed by atoms with Crippen molar-refractivity contribution in [3.8, 4) is 40.2 Å². The normalized spacial score (nSPS) is 11.1. The van der Waals surface area contributed by atoms with Crippen molar-refractivity contribution in [1.29, 1.82) is 0 Å². The Morgan fingerprint density at radius 1 is 0.567 bits per heavy atom. The molecule has 0 amide bonds. The summed E-state index contributed by atoms with van der Waals surface area (Å²) < 4.78 is 95.7. The summed E-state index contributed by atoms with van der Waals surface area (Å²) in [6.45, 7) is 0. The highest BCUT2D eigenvalue weighted by molar-refractivity contribution is 5.88. The van der Waals surface area contributed by atoms with E-state index in [-0.39, 0.29) is 5.75 Å². The Balaban J connectivity index is 0.000000488. The summed E-state index contributed by atoms with van der Waals surface area (Å²) in [4.78, 5) is 17.6. The summed E-state index contributed by atoms with van der Waals surface area (Å²) in [5, 5.41) is 32.6. The number of pyridine rings is 2. The first-order valence-corrected chi connectivity index (χ1v) is 17.4. The molecule has 4 aromatic carbocycles. The van der Waals surface area contributed by atoms with Gasteiger partial charge in [0.2, 0.25) is 0 Å². The van der Waals surface area contributed by atoms with Gasteiger partial charge in [-0.25, -0.2) is 9.13 Å². The average Bonchev–Trinajstić information content (AvgIpc) is 3.20. The van der Waals surface area contributed by atoms with Crippen LogP contribution in [-0.2, 0) is 36.5 Å². The predicted octanol–water partition coefficient (Wildman–Crippen LogP) is 4.95. The van der Waals surface area contributed by atoms with Crippen molar-refractivity contribution in [2.75, 3.05) is 28.4 Å². The molecule has 0 aliphatic carbocycles. The van der Waals surface area contributed by atoms with Gasteiger partial charge in [-0.15, -0.1) is 0 Å². The Hall–Kier alpha value is -6.98. The lowest BCUT2D eigenvalue weighted by Gasteiger charge is -2.13. The van der Waals surface area contributed by atoms with Crippen molar-refractivity contribution in [3.05, 3.63) is 114 Å². The minimum absolute atomic E-state index is 0.0775. The van der Waals surface area contributed by atoms with E-state index in [2.05, 4.69) is 27.5 Å². The van der Waals surface area contributed by atoms with Crippen LogP contribution in [0.3, 0.4) is 0 Å². The van der Waals surface area contributed by atoms with Crippen molar-refractivity contribution < 1.29 is 84.1 Å². The average molecular weight is 845 g/mol. The smallest absolute Gasteiger partial charge is 0.430 e. The molecular formula is C42H38F6N2O10. The molecule has 2 aromatic heterocycles. The lowest BCUT2D eigenvalue weighted by Crippen LogP contribution is -2.37. The van der Waals surface area contributed by atoms with Crippen LogP contribution in [-0.4, -0.2) is 57.8 Å². The first kappa shape index (κ1) is 45.7. The third-order valence-electron chi connectivity index (χ3n) is 8.92. The number of alkyl halides is 6. The second kappa shape index (κ2) is 19.2. The number of carboxylic acids is 2. The van der Waals surface area contributed by atoms with Crippen LogP contribution in [0.4, 0.5) is 26.3 Å². The van der Waals surface area contributed by atoms with Crippen molar-refractivity contribution in [3.63, 3.8) is 0 Å². The number of benzene rings is 4. The monoisotopic (exact) mass is 844 g/mol. The largest absolute Gasteiger partial charge is 0.542 e. The van der Waals surface area contributed by atoms with Gasteiger partial charge < -0.3 is 48.6 Å². The van der Waals surface area contributed by atoms with Gasteiger partial charge >= 0.3 is 12.4 Å². The van der Waals surface area contributed by atoms with E-state index in [1.165, 1.54) is 0 Å². The van der Waals surface area contributed by atoms with E-state index in [4.69, 9.17) is 43.5 Å². The van der Waals surface area contributed by atoms with Crippen molar-refractivity contribution in [2.24, 2.45) is 14.1 Å². The zero-order valence-corrected chi connectivity index (χ0v) is 32.9. The highest BCUT2D eigenvalue weighted by Crippen LogP contribution is 2.36. The molecule has 0 saturated heterocycles. The van der Waals surface area contributed by atoms with Crippen LogP contribution in [0.2, 0.25) is 0 Å². The topological polar surface area (TPSA) is 154 Å². The number of carbonyl (C=O) groups excluding carboxylic acids is 2. The van der Waals surface area contributed by atoms with Crippen LogP contribution in [0.25, 0.3) is 21.5 Å². The van der Waals surface area contributed by atoms with Gasteiger partial charge in [0.1, 0.15) is 31.8 Å². The number of ether oxygens (including phenoxy) is 5. The highest BCUT2D eigenvalue weighted by Gasteiger charge is 2.29. The predicted molar refractivity (Wildman–Crippen MR) is 199 cm³/mol. The van der Waals surface area contributed by atoms with Crippen LogP contribution >= 0.6 is 0 Å². The highest BCUT2D eigenvalue weighted by atomic mass is 19.4. The van der Waals surface area contributed by atoms with Gasteiger partial charge in [0.15, 0.2) is 58.3 Å². The summed E-state index contributed by atoms with van der Waals surface area (Å²) in [7, 11) is 10.6. The molecule has 1 N–H and O–H groups in total. The molecular weight excluding hydrogens is 806 g/mol. The summed E-state index contributed by atoms with van der Waals surface area (Å²) in [5.41, 5.74) is 4.36. The molecule has 6 aromatic rings. The number of nitrogens with zero attached hydrogens (tertiary/aromatic N) is 2. The molecule has 0 bridgehead atoms. The fraction of sp³-hybridized carbons (Fsp3) is 0.238. The number of phenolic OH excluding ortho intramolecular Hbond substituents is 1. The summed E-state index contributed by atoms with van der Waals surface area (Å²) in [6, 6.07) is 25.6. The fourth-order valence-corrected chi connectivity index (χ4v) is 5.89. The van der Waals surface area contributed by atoms with Gasteiger partial charge in [-0.3, -0.25) is 0 Å². The van der Waals surface area contributed by atoms with Gasteiger partial charge in [0.05, 0.1) is 52.1 Å². The molecule has 0 atom stereocenters.